The number of nitrogens with zero attached hydrogens (tertiary/aromatic N) is 3. The lowest BCUT2D eigenvalue weighted by Crippen LogP contribution is -1.99. The Hall–Kier alpha value is -2.83. The maximum atomic E-state index is 6.38. The molecule has 0 saturated heterocycles. The van der Waals surface area contributed by atoms with Gasteiger partial charge in [-0.1, -0.05) is 23.7 Å². The van der Waals surface area contributed by atoms with Gasteiger partial charge >= 0.3 is 0 Å². The number of para-hydroxylation sites is 1. The van der Waals surface area contributed by atoms with E-state index in [1.807, 2.05) is 47.0 Å². The Kier molecular flexibility index (Phi) is 3.88. The molecule has 27 heavy (non-hydrogen) atoms. The molecule has 0 fully saturated rings. The molecule has 0 bridgehead atoms. The SMILES string of the molecule is Nc1ccc2c(c1)OCCc1cc(-c3nncn3-c3ccccc3Cl)sc1-2. The van der Waals surface area contributed by atoms with Crippen molar-refractivity contribution in [1.82, 2.24) is 14.8 Å². The zero-order valence-corrected chi connectivity index (χ0v) is 15.8. The van der Waals surface area contributed by atoms with Gasteiger partial charge in [-0.15, -0.1) is 21.5 Å². The molecule has 0 radical (unpaired) electrons. The van der Waals surface area contributed by atoms with Crippen LogP contribution in [0.4, 0.5) is 5.69 Å². The zero-order valence-electron chi connectivity index (χ0n) is 14.2. The lowest BCUT2D eigenvalue weighted by atomic mass is 10.1. The molecule has 1 aliphatic heterocycles. The van der Waals surface area contributed by atoms with Crippen LogP contribution in [0.1, 0.15) is 5.56 Å². The summed E-state index contributed by atoms with van der Waals surface area (Å²) in [5.74, 6) is 1.61. The molecule has 0 atom stereocenters. The quantitative estimate of drug-likeness (QED) is 0.494. The number of nitrogen functional groups attached to an aromatic ring is 1. The van der Waals surface area contributed by atoms with Crippen molar-refractivity contribution >= 4 is 28.6 Å². The number of aromatic nitrogens is 3. The van der Waals surface area contributed by atoms with Gasteiger partial charge in [0.2, 0.25) is 0 Å². The summed E-state index contributed by atoms with van der Waals surface area (Å²) in [6, 6.07) is 15.7. The van der Waals surface area contributed by atoms with E-state index in [-0.39, 0.29) is 0 Å². The third-order valence-corrected chi connectivity index (χ3v) is 6.09. The second-order valence-corrected chi connectivity index (χ2v) is 7.75. The number of hydrogen-bond acceptors (Lipinski definition) is 5. The Bertz CT molecular complexity index is 1150. The standard InChI is InChI=1S/C20H15ClN4OS/c21-15-3-1-2-4-16(15)25-11-23-24-20(25)18-9-12-7-8-26-17-10-13(22)5-6-14(17)19(12)27-18/h1-6,9-11H,7-8,22H2. The molecule has 2 N–H and O–H groups in total. The van der Waals surface area contributed by atoms with Gasteiger partial charge in [-0.2, -0.15) is 0 Å². The first kappa shape index (κ1) is 16.4. The molecular weight excluding hydrogens is 380 g/mol. The molecule has 4 aromatic rings. The lowest BCUT2D eigenvalue weighted by molar-refractivity contribution is 0.326. The molecule has 0 spiro atoms. The number of anilines is 1. The average Bonchev–Trinajstić information content (AvgIpc) is 3.26. The molecule has 1 aliphatic rings. The van der Waals surface area contributed by atoms with E-state index in [2.05, 4.69) is 16.3 Å². The number of rotatable bonds is 2. The third-order valence-electron chi connectivity index (χ3n) is 4.57. The number of hydrogen-bond donors (Lipinski definition) is 1. The van der Waals surface area contributed by atoms with Crippen LogP contribution in [-0.4, -0.2) is 21.4 Å². The van der Waals surface area contributed by atoms with Crippen LogP contribution in [0.25, 0.3) is 26.8 Å². The maximum absolute atomic E-state index is 6.38. The van der Waals surface area contributed by atoms with Gasteiger partial charge in [-0.05, 0) is 35.9 Å². The van der Waals surface area contributed by atoms with Gasteiger partial charge in [-0.25, -0.2) is 0 Å². The number of nitrogens with two attached hydrogens (primary N) is 1. The van der Waals surface area contributed by atoms with Crippen LogP contribution in [0.3, 0.4) is 0 Å². The van der Waals surface area contributed by atoms with E-state index in [4.69, 9.17) is 22.1 Å². The molecule has 0 unspecified atom stereocenters. The fourth-order valence-corrected chi connectivity index (χ4v) is 4.74. The van der Waals surface area contributed by atoms with Crippen LogP contribution in [0, 0.1) is 0 Å². The summed E-state index contributed by atoms with van der Waals surface area (Å²) >= 11 is 8.06. The molecule has 0 saturated carbocycles. The van der Waals surface area contributed by atoms with Gasteiger partial charge in [0.1, 0.15) is 12.1 Å². The molecule has 0 aliphatic carbocycles. The Morgan fingerprint density at radius 2 is 2.04 bits per heavy atom. The van der Waals surface area contributed by atoms with Gasteiger partial charge in [0.05, 0.1) is 22.2 Å². The van der Waals surface area contributed by atoms with Crippen LogP contribution in [0.15, 0.2) is 54.9 Å². The van der Waals surface area contributed by atoms with Crippen molar-refractivity contribution in [3.63, 3.8) is 0 Å². The Morgan fingerprint density at radius 1 is 1.15 bits per heavy atom. The first-order valence-corrected chi connectivity index (χ1v) is 9.71. The predicted molar refractivity (Wildman–Crippen MR) is 109 cm³/mol. The van der Waals surface area contributed by atoms with Crippen molar-refractivity contribution < 1.29 is 4.74 Å². The molecule has 134 valence electrons. The Labute approximate surface area is 165 Å². The number of halogens is 1. The van der Waals surface area contributed by atoms with Gasteiger partial charge < -0.3 is 10.5 Å². The topological polar surface area (TPSA) is 66.0 Å². The van der Waals surface area contributed by atoms with Crippen molar-refractivity contribution in [2.75, 3.05) is 12.3 Å². The minimum Gasteiger partial charge on any atom is -0.492 e. The first-order valence-electron chi connectivity index (χ1n) is 8.51. The van der Waals surface area contributed by atoms with Crippen LogP contribution in [0.5, 0.6) is 5.75 Å². The van der Waals surface area contributed by atoms with Crippen LogP contribution < -0.4 is 10.5 Å². The highest BCUT2D eigenvalue weighted by molar-refractivity contribution is 7.19. The Morgan fingerprint density at radius 3 is 2.93 bits per heavy atom. The average molecular weight is 395 g/mol. The number of benzene rings is 2. The second kappa shape index (κ2) is 6.40. The molecule has 2 aromatic heterocycles. The molecular formula is C20H15ClN4OS. The van der Waals surface area contributed by atoms with Crippen LogP contribution in [0.2, 0.25) is 5.02 Å². The van der Waals surface area contributed by atoms with Crippen molar-refractivity contribution in [3.8, 4) is 32.6 Å². The van der Waals surface area contributed by atoms with Crippen molar-refractivity contribution in [3.05, 3.63) is 65.4 Å². The fourth-order valence-electron chi connectivity index (χ4n) is 3.30. The van der Waals surface area contributed by atoms with E-state index in [0.29, 0.717) is 17.3 Å². The van der Waals surface area contributed by atoms with E-state index in [0.717, 1.165) is 34.1 Å². The minimum atomic E-state index is 0.622. The smallest absolute Gasteiger partial charge is 0.178 e. The normalized spacial score (nSPS) is 12.8. The van der Waals surface area contributed by atoms with Gasteiger partial charge in [0, 0.05) is 28.6 Å². The van der Waals surface area contributed by atoms with Gasteiger partial charge in [-0.3, -0.25) is 4.57 Å². The second-order valence-electron chi connectivity index (χ2n) is 6.30. The van der Waals surface area contributed by atoms with Crippen molar-refractivity contribution in [2.24, 2.45) is 0 Å². The number of ether oxygens (including phenoxy) is 1. The summed E-state index contributed by atoms with van der Waals surface area (Å²) in [7, 11) is 0. The summed E-state index contributed by atoms with van der Waals surface area (Å²) in [5, 5.41) is 9.13. The van der Waals surface area contributed by atoms with E-state index in [1.54, 1.807) is 17.7 Å². The van der Waals surface area contributed by atoms with E-state index in [9.17, 15) is 0 Å². The summed E-state index contributed by atoms with van der Waals surface area (Å²) < 4.78 is 7.81. The monoisotopic (exact) mass is 394 g/mol. The summed E-state index contributed by atoms with van der Waals surface area (Å²) in [4.78, 5) is 2.23. The summed E-state index contributed by atoms with van der Waals surface area (Å²) in [6.07, 6.45) is 2.53. The number of fused-ring (bicyclic) bond motifs is 3. The fraction of sp³-hybridized carbons (Fsp3) is 0.100. The first-order chi connectivity index (χ1) is 13.2. The molecule has 3 heterocycles. The zero-order chi connectivity index (χ0) is 18.4. The predicted octanol–water partition coefficient (Wildman–Crippen LogP) is 4.83. The highest BCUT2D eigenvalue weighted by atomic mass is 35.5. The maximum Gasteiger partial charge on any atom is 0.178 e. The Balaban J connectivity index is 1.65. The van der Waals surface area contributed by atoms with E-state index < -0.39 is 0 Å². The largest absolute Gasteiger partial charge is 0.492 e. The molecule has 5 nitrogen and oxygen atoms in total. The molecule has 7 heteroatoms. The lowest BCUT2D eigenvalue weighted by Gasteiger charge is -2.08. The number of thiophene rings is 1. The van der Waals surface area contributed by atoms with E-state index >= 15 is 0 Å². The van der Waals surface area contributed by atoms with Gasteiger partial charge in [0.25, 0.3) is 0 Å². The van der Waals surface area contributed by atoms with Crippen molar-refractivity contribution in [1.29, 1.82) is 0 Å². The summed E-state index contributed by atoms with van der Waals surface area (Å²) in [6.45, 7) is 0.622. The van der Waals surface area contributed by atoms with Crippen molar-refractivity contribution in [2.45, 2.75) is 6.42 Å². The third kappa shape index (κ3) is 2.78. The van der Waals surface area contributed by atoms with Crippen LogP contribution in [-0.2, 0) is 6.42 Å². The highest BCUT2D eigenvalue weighted by Crippen LogP contribution is 2.44. The van der Waals surface area contributed by atoms with Gasteiger partial charge in [0.15, 0.2) is 5.82 Å². The highest BCUT2D eigenvalue weighted by Gasteiger charge is 2.22. The van der Waals surface area contributed by atoms with Crippen LogP contribution >= 0.6 is 22.9 Å². The van der Waals surface area contributed by atoms with E-state index in [1.165, 1.54) is 10.4 Å². The molecule has 5 rings (SSSR count). The minimum absolute atomic E-state index is 0.622. The molecule has 0 amide bonds. The summed E-state index contributed by atoms with van der Waals surface area (Å²) in [5.41, 5.74) is 9.79. The molecule has 2 aromatic carbocycles.